The minimum absolute atomic E-state index is 0.0933. The fraction of sp³-hybridized carbons (Fsp3) is 0.607. The number of halogens is 9. The topological polar surface area (TPSA) is 44.4 Å². The van der Waals surface area contributed by atoms with E-state index in [2.05, 4.69) is 10.6 Å². The van der Waals surface area contributed by atoms with Gasteiger partial charge in [0.25, 0.3) is 0 Å². The zero-order chi connectivity index (χ0) is 30.3. The Morgan fingerprint density at radius 3 is 2.05 bits per heavy atom. The van der Waals surface area contributed by atoms with E-state index in [9.17, 15) is 44.3 Å². The number of nitrogens with zero attached hydrogens (tertiary/aromatic N) is 1. The van der Waals surface area contributed by atoms with Crippen molar-refractivity contribution in [2.45, 2.75) is 62.5 Å². The number of carbonyl (C=O) groups is 1. The number of benzene rings is 2. The molecule has 1 heterocycles. The van der Waals surface area contributed by atoms with E-state index >= 15 is 0 Å². The molecular weight excluding hydrogens is 565 g/mol. The van der Waals surface area contributed by atoms with Gasteiger partial charge in [0.1, 0.15) is 0 Å². The predicted octanol–water partition coefficient (Wildman–Crippen LogP) is 6.44. The van der Waals surface area contributed by atoms with Crippen molar-refractivity contribution in [2.24, 2.45) is 5.92 Å². The molecule has 0 atom stereocenters. The first kappa shape index (κ1) is 33.0. The molecule has 3 rings (SSSR count). The summed E-state index contributed by atoms with van der Waals surface area (Å²) in [7, 11) is 0. The number of rotatable bonds is 14. The lowest BCUT2D eigenvalue weighted by Gasteiger charge is -2.33. The summed E-state index contributed by atoms with van der Waals surface area (Å²) in [5.41, 5.74) is 1.00. The lowest BCUT2D eigenvalue weighted by Crippen LogP contribution is -2.61. The number of hydrogen-bond donors (Lipinski definition) is 2. The van der Waals surface area contributed by atoms with Crippen molar-refractivity contribution in [3.8, 4) is 0 Å². The Kier molecular flexibility index (Phi) is 11.0. The van der Waals surface area contributed by atoms with Crippen molar-refractivity contribution in [3.05, 3.63) is 48.0 Å². The van der Waals surface area contributed by atoms with Gasteiger partial charge in [0.15, 0.2) is 0 Å². The fourth-order valence-corrected chi connectivity index (χ4v) is 4.85. The van der Waals surface area contributed by atoms with Crippen LogP contribution in [0, 0.1) is 5.92 Å². The summed E-state index contributed by atoms with van der Waals surface area (Å²) in [6, 6.07) is 13.9. The summed E-state index contributed by atoms with van der Waals surface area (Å²) < 4.78 is 116. The van der Waals surface area contributed by atoms with Gasteiger partial charge in [-0.05, 0) is 67.6 Å². The number of amides is 1. The first-order valence-electron chi connectivity index (χ1n) is 13.5. The molecule has 2 N–H and O–H groups in total. The molecule has 2 aromatic carbocycles. The highest BCUT2D eigenvalue weighted by Crippen LogP contribution is 2.53. The third-order valence-electron chi connectivity index (χ3n) is 7.40. The van der Waals surface area contributed by atoms with Gasteiger partial charge in [0.05, 0.1) is 6.42 Å². The van der Waals surface area contributed by atoms with Crippen molar-refractivity contribution in [1.29, 1.82) is 0 Å². The lowest BCUT2D eigenvalue weighted by atomic mass is 9.95. The van der Waals surface area contributed by atoms with Gasteiger partial charge < -0.3 is 15.5 Å². The summed E-state index contributed by atoms with van der Waals surface area (Å²) in [4.78, 5) is 14.7. The van der Waals surface area contributed by atoms with Crippen LogP contribution < -0.4 is 10.6 Å². The molecule has 0 bridgehead atoms. The van der Waals surface area contributed by atoms with Crippen LogP contribution in [0.5, 0.6) is 0 Å². The van der Waals surface area contributed by atoms with E-state index in [1.807, 2.05) is 47.4 Å². The smallest absolute Gasteiger partial charge is 0.342 e. The van der Waals surface area contributed by atoms with Crippen LogP contribution in [0.25, 0.3) is 10.8 Å². The van der Waals surface area contributed by atoms with E-state index in [-0.39, 0.29) is 12.5 Å². The minimum Gasteiger partial charge on any atom is -0.342 e. The molecule has 0 aromatic heterocycles. The van der Waals surface area contributed by atoms with E-state index in [1.165, 1.54) is 0 Å². The second kappa shape index (κ2) is 13.6. The molecule has 1 amide bonds. The monoisotopic (exact) mass is 599 g/mol. The first-order chi connectivity index (χ1) is 19.2. The molecule has 4 nitrogen and oxygen atoms in total. The Balaban J connectivity index is 1.26. The van der Waals surface area contributed by atoms with Gasteiger partial charge in [-0.1, -0.05) is 42.5 Å². The quantitative estimate of drug-likeness (QED) is 0.194. The van der Waals surface area contributed by atoms with Crippen LogP contribution in [-0.4, -0.2) is 74.0 Å². The Morgan fingerprint density at radius 1 is 0.780 bits per heavy atom. The van der Waals surface area contributed by atoms with Crippen LogP contribution in [0.2, 0.25) is 0 Å². The zero-order valence-electron chi connectivity index (χ0n) is 22.4. The van der Waals surface area contributed by atoms with E-state index in [0.717, 1.165) is 35.7 Å². The number of nitrogens with one attached hydrogen (secondary N) is 2. The molecule has 13 heteroatoms. The van der Waals surface area contributed by atoms with Crippen LogP contribution in [0.4, 0.5) is 39.5 Å². The molecule has 230 valence electrons. The number of fused-ring (bicyclic) bond motifs is 1. The highest BCUT2D eigenvalue weighted by atomic mass is 19.4. The summed E-state index contributed by atoms with van der Waals surface area (Å²) in [6.45, 7) is 1.91. The molecule has 1 aliphatic rings. The molecular formula is C28H34F9N3O. The number of alkyl halides is 9. The molecule has 1 aliphatic heterocycles. The molecule has 1 saturated heterocycles. The van der Waals surface area contributed by atoms with E-state index in [0.29, 0.717) is 44.8 Å². The summed E-state index contributed by atoms with van der Waals surface area (Å²) >= 11 is 0. The highest BCUT2D eigenvalue weighted by molar-refractivity contribution is 5.90. The van der Waals surface area contributed by atoms with Gasteiger partial charge in [0, 0.05) is 26.1 Å². The molecule has 1 fully saturated rings. The van der Waals surface area contributed by atoms with Crippen molar-refractivity contribution in [3.63, 3.8) is 0 Å². The Bertz CT molecular complexity index is 1130. The maximum Gasteiger partial charge on any atom is 0.460 e. The largest absolute Gasteiger partial charge is 0.460 e. The summed E-state index contributed by atoms with van der Waals surface area (Å²) in [5, 5.41) is 7.83. The maximum absolute atomic E-state index is 13.5. The van der Waals surface area contributed by atoms with Gasteiger partial charge in [-0.2, -0.15) is 39.5 Å². The van der Waals surface area contributed by atoms with Crippen LogP contribution >= 0.6 is 0 Å². The van der Waals surface area contributed by atoms with Gasteiger partial charge in [-0.15, -0.1) is 0 Å². The minimum atomic E-state index is -6.85. The number of carbonyl (C=O) groups excluding carboxylic acids is 1. The maximum atomic E-state index is 13.5. The third-order valence-corrected chi connectivity index (χ3v) is 7.40. The Labute approximate surface area is 232 Å². The average Bonchev–Trinajstić information content (AvgIpc) is 2.91. The second-order valence-corrected chi connectivity index (χ2v) is 10.4. The molecule has 2 aromatic rings. The number of likely N-dealkylation sites (tertiary alicyclic amines) is 1. The van der Waals surface area contributed by atoms with Crippen molar-refractivity contribution in [1.82, 2.24) is 15.5 Å². The van der Waals surface area contributed by atoms with E-state index in [1.54, 1.807) is 0 Å². The van der Waals surface area contributed by atoms with Crippen molar-refractivity contribution < 1.29 is 44.3 Å². The third kappa shape index (κ3) is 8.06. The fourth-order valence-electron chi connectivity index (χ4n) is 4.85. The molecule has 0 unspecified atom stereocenters. The molecule has 0 radical (unpaired) electrons. The van der Waals surface area contributed by atoms with Crippen molar-refractivity contribution in [2.75, 3.05) is 39.3 Å². The van der Waals surface area contributed by atoms with Crippen LogP contribution in [0.1, 0.15) is 37.7 Å². The highest BCUT2D eigenvalue weighted by Gasteiger charge is 2.81. The van der Waals surface area contributed by atoms with Crippen LogP contribution in [-0.2, 0) is 11.2 Å². The standard InChI is InChI=1S/C28H34F9N3O/c29-25(30,26(31,32)27(33,34)28(35,36)37)12-15-38-13-3-4-14-39-19-20-10-16-40(17-11-20)24(41)18-22-8-5-7-21-6-1-2-9-23(21)22/h1-2,5-9,20,38-39H,3-4,10-19H2. The SMILES string of the molecule is O=C(Cc1cccc2ccccc12)N1CCC(CNCCCCNCCC(F)(F)C(F)(F)C(F)(F)C(F)(F)F)CC1. The normalized spacial score (nSPS) is 16.0. The van der Waals surface area contributed by atoms with Gasteiger partial charge >= 0.3 is 23.9 Å². The van der Waals surface area contributed by atoms with Gasteiger partial charge in [0.2, 0.25) is 5.91 Å². The first-order valence-corrected chi connectivity index (χ1v) is 13.5. The molecule has 41 heavy (non-hydrogen) atoms. The Hall–Kier alpha value is -2.54. The summed E-state index contributed by atoms with van der Waals surface area (Å²) in [6.07, 6.45) is -5.56. The summed E-state index contributed by atoms with van der Waals surface area (Å²) in [5.74, 6) is -18.5. The van der Waals surface area contributed by atoms with Crippen molar-refractivity contribution >= 4 is 16.7 Å². The average molecular weight is 600 g/mol. The zero-order valence-corrected chi connectivity index (χ0v) is 22.4. The lowest BCUT2D eigenvalue weighted by molar-refractivity contribution is -0.396. The number of hydrogen-bond acceptors (Lipinski definition) is 3. The molecule has 0 saturated carbocycles. The van der Waals surface area contributed by atoms with E-state index < -0.39 is 36.9 Å². The predicted molar refractivity (Wildman–Crippen MR) is 137 cm³/mol. The van der Waals surface area contributed by atoms with Gasteiger partial charge in [-0.3, -0.25) is 4.79 Å². The van der Waals surface area contributed by atoms with Gasteiger partial charge in [-0.25, -0.2) is 0 Å². The van der Waals surface area contributed by atoms with Crippen LogP contribution in [0.15, 0.2) is 42.5 Å². The molecule has 0 spiro atoms. The Morgan fingerprint density at radius 2 is 1.39 bits per heavy atom. The molecule has 0 aliphatic carbocycles. The van der Waals surface area contributed by atoms with E-state index in [4.69, 9.17) is 0 Å². The van der Waals surface area contributed by atoms with Crippen LogP contribution in [0.3, 0.4) is 0 Å². The number of unbranched alkanes of at least 4 members (excludes halogenated alkanes) is 1. The second-order valence-electron chi connectivity index (χ2n) is 10.4. The number of piperidine rings is 1.